The number of nitrogens with one attached hydrogen (secondary N) is 1. The van der Waals surface area contributed by atoms with E-state index in [-0.39, 0.29) is 18.9 Å². The van der Waals surface area contributed by atoms with Crippen LogP contribution >= 0.6 is 0 Å². The van der Waals surface area contributed by atoms with Crippen molar-refractivity contribution in [1.29, 1.82) is 0 Å². The molecule has 2 aromatic heterocycles. The van der Waals surface area contributed by atoms with Crippen molar-refractivity contribution in [3.8, 4) is 0 Å². The van der Waals surface area contributed by atoms with Crippen molar-refractivity contribution in [2.45, 2.75) is 79.9 Å². The van der Waals surface area contributed by atoms with Crippen LogP contribution in [0.25, 0.3) is 11.2 Å². The highest BCUT2D eigenvalue weighted by Crippen LogP contribution is 2.37. The number of carbonyl (C=O) groups excluding carboxylic acids is 1. The number of amides is 1. The molecule has 0 saturated heterocycles. The Morgan fingerprint density at radius 3 is 2.44 bits per heavy atom. The molecular weight excluding hydrogens is 340 g/mol. The van der Waals surface area contributed by atoms with Gasteiger partial charge in [-0.2, -0.15) is 0 Å². The lowest BCUT2D eigenvalue weighted by atomic mass is 9.92. The minimum absolute atomic E-state index is 0. The minimum atomic E-state index is -0.654. The third kappa shape index (κ3) is 4.67. The first-order chi connectivity index (χ1) is 12.1. The van der Waals surface area contributed by atoms with Gasteiger partial charge in [-0.05, 0) is 72.9 Å². The summed E-state index contributed by atoms with van der Waals surface area (Å²) in [4.78, 5) is 22.2. The molecule has 3 rings (SSSR count). The molecule has 0 aromatic carbocycles. The Bertz CT molecular complexity index is 813. The molecule has 1 N–H and O–H groups in total. The van der Waals surface area contributed by atoms with E-state index in [1.807, 2.05) is 53.7 Å². The highest BCUT2D eigenvalue weighted by molar-refractivity contribution is 5.95. The SMILES string of the molecule is C.Cc1ccc2nc(NC(=O)C(C)(C)COC(C)(C)C)n(C3CCC3)c2n1. The van der Waals surface area contributed by atoms with Crippen LogP contribution in [0.1, 0.15) is 73.0 Å². The van der Waals surface area contributed by atoms with Gasteiger partial charge in [-0.3, -0.25) is 14.7 Å². The van der Waals surface area contributed by atoms with E-state index in [0.29, 0.717) is 18.6 Å². The van der Waals surface area contributed by atoms with Crippen molar-refractivity contribution in [2.75, 3.05) is 11.9 Å². The molecule has 0 unspecified atom stereocenters. The average Bonchev–Trinajstić information content (AvgIpc) is 2.81. The van der Waals surface area contributed by atoms with Gasteiger partial charge in [0.25, 0.3) is 0 Å². The van der Waals surface area contributed by atoms with Crippen molar-refractivity contribution < 1.29 is 9.53 Å². The largest absolute Gasteiger partial charge is 0.375 e. The molecule has 1 aliphatic rings. The summed E-state index contributed by atoms with van der Waals surface area (Å²) in [6, 6.07) is 4.28. The van der Waals surface area contributed by atoms with Gasteiger partial charge in [0.2, 0.25) is 11.9 Å². The quantitative estimate of drug-likeness (QED) is 0.810. The number of hydrogen-bond acceptors (Lipinski definition) is 4. The number of hydrogen-bond donors (Lipinski definition) is 1. The topological polar surface area (TPSA) is 69.0 Å². The van der Waals surface area contributed by atoms with Gasteiger partial charge in [0, 0.05) is 11.7 Å². The third-order valence-electron chi connectivity index (χ3n) is 4.82. The second-order valence-electron chi connectivity index (χ2n) is 8.92. The fourth-order valence-electron chi connectivity index (χ4n) is 2.88. The maximum absolute atomic E-state index is 12.9. The molecule has 0 atom stereocenters. The van der Waals surface area contributed by atoms with E-state index in [4.69, 9.17) is 4.74 Å². The van der Waals surface area contributed by atoms with Crippen molar-refractivity contribution in [3.05, 3.63) is 17.8 Å². The molecule has 2 aromatic rings. The summed E-state index contributed by atoms with van der Waals surface area (Å²) >= 11 is 0. The van der Waals surface area contributed by atoms with Crippen LogP contribution < -0.4 is 5.32 Å². The normalized spacial score (nSPS) is 15.3. The van der Waals surface area contributed by atoms with Crippen LogP contribution in [0.15, 0.2) is 12.1 Å². The van der Waals surface area contributed by atoms with E-state index in [9.17, 15) is 4.79 Å². The number of aryl methyl sites for hydroxylation is 1. The lowest BCUT2D eigenvalue weighted by molar-refractivity contribution is -0.130. The van der Waals surface area contributed by atoms with Crippen LogP contribution in [0.3, 0.4) is 0 Å². The molecule has 6 heteroatoms. The molecule has 1 amide bonds. The first-order valence-electron chi connectivity index (χ1n) is 9.38. The molecule has 0 radical (unpaired) electrons. The molecule has 6 nitrogen and oxygen atoms in total. The fraction of sp³-hybridized carbons (Fsp3) is 0.667. The zero-order valence-corrected chi connectivity index (χ0v) is 16.7. The van der Waals surface area contributed by atoms with Crippen LogP contribution in [0.5, 0.6) is 0 Å². The highest BCUT2D eigenvalue weighted by atomic mass is 16.5. The van der Waals surface area contributed by atoms with Crippen molar-refractivity contribution in [2.24, 2.45) is 5.41 Å². The van der Waals surface area contributed by atoms with Gasteiger partial charge >= 0.3 is 0 Å². The van der Waals surface area contributed by atoms with E-state index in [1.165, 1.54) is 6.42 Å². The Labute approximate surface area is 162 Å². The number of anilines is 1. The van der Waals surface area contributed by atoms with Crippen molar-refractivity contribution in [3.63, 3.8) is 0 Å². The molecule has 1 saturated carbocycles. The molecule has 1 aliphatic carbocycles. The van der Waals surface area contributed by atoms with Gasteiger partial charge < -0.3 is 4.74 Å². The van der Waals surface area contributed by atoms with Crippen LogP contribution in [-0.2, 0) is 9.53 Å². The third-order valence-corrected chi connectivity index (χ3v) is 4.82. The second kappa shape index (κ2) is 7.58. The Balaban J connectivity index is 0.00000261. The molecular formula is C21H34N4O2. The van der Waals surface area contributed by atoms with Crippen LogP contribution in [0.2, 0.25) is 0 Å². The predicted molar refractivity (Wildman–Crippen MR) is 110 cm³/mol. The maximum Gasteiger partial charge on any atom is 0.234 e. The number of rotatable bonds is 5. The smallest absolute Gasteiger partial charge is 0.234 e. The van der Waals surface area contributed by atoms with Gasteiger partial charge in [-0.1, -0.05) is 7.43 Å². The van der Waals surface area contributed by atoms with Gasteiger partial charge in [-0.25, -0.2) is 9.97 Å². The Hall–Kier alpha value is -1.95. The summed E-state index contributed by atoms with van der Waals surface area (Å²) in [6.45, 7) is 12.1. The first kappa shape index (κ1) is 21.4. The van der Waals surface area contributed by atoms with Gasteiger partial charge in [0.1, 0.15) is 5.52 Å². The number of ether oxygens (including phenoxy) is 1. The van der Waals surface area contributed by atoms with E-state index >= 15 is 0 Å². The van der Waals surface area contributed by atoms with Crippen LogP contribution in [-0.4, -0.2) is 32.7 Å². The van der Waals surface area contributed by atoms with Gasteiger partial charge in [0.05, 0.1) is 17.6 Å². The summed E-state index contributed by atoms with van der Waals surface area (Å²) in [5.74, 6) is 0.506. The summed E-state index contributed by atoms with van der Waals surface area (Å²) < 4.78 is 7.94. The highest BCUT2D eigenvalue weighted by Gasteiger charge is 2.33. The number of imidazole rings is 1. The standard InChI is InChI=1S/C20H30N4O2.CH4/c1-13-10-11-15-16(21-13)24(14-8-7-9-14)18(22-15)23-17(25)20(5,6)12-26-19(2,3)4;/h10-11,14H,7-9,12H2,1-6H3,(H,22,23,25);1H4. The maximum atomic E-state index is 12.9. The second-order valence-corrected chi connectivity index (χ2v) is 8.92. The van der Waals surface area contributed by atoms with Crippen LogP contribution in [0, 0.1) is 12.3 Å². The fourth-order valence-corrected chi connectivity index (χ4v) is 2.88. The number of aromatic nitrogens is 3. The number of carbonyl (C=O) groups is 1. The van der Waals surface area contributed by atoms with E-state index < -0.39 is 5.41 Å². The zero-order valence-electron chi connectivity index (χ0n) is 16.7. The van der Waals surface area contributed by atoms with Gasteiger partial charge in [-0.15, -0.1) is 0 Å². The van der Waals surface area contributed by atoms with E-state index in [0.717, 1.165) is 29.7 Å². The number of nitrogens with zero attached hydrogens (tertiary/aromatic N) is 3. The zero-order chi connectivity index (χ0) is 19.1. The molecule has 1 fully saturated rings. The monoisotopic (exact) mass is 374 g/mol. The first-order valence-corrected chi connectivity index (χ1v) is 9.38. The van der Waals surface area contributed by atoms with Gasteiger partial charge in [0.15, 0.2) is 5.65 Å². The van der Waals surface area contributed by atoms with Crippen molar-refractivity contribution >= 4 is 23.0 Å². The van der Waals surface area contributed by atoms with E-state index in [2.05, 4.69) is 19.9 Å². The number of fused-ring (bicyclic) bond motifs is 1. The van der Waals surface area contributed by atoms with Crippen LogP contribution in [0.4, 0.5) is 5.95 Å². The molecule has 2 heterocycles. The van der Waals surface area contributed by atoms with E-state index in [1.54, 1.807) is 0 Å². The summed E-state index contributed by atoms with van der Waals surface area (Å²) in [7, 11) is 0. The lowest BCUT2D eigenvalue weighted by Gasteiger charge is -2.31. The molecule has 150 valence electrons. The lowest BCUT2D eigenvalue weighted by Crippen LogP contribution is -2.38. The molecule has 0 aliphatic heterocycles. The minimum Gasteiger partial charge on any atom is -0.375 e. The Kier molecular flexibility index (Phi) is 6.00. The average molecular weight is 375 g/mol. The summed E-state index contributed by atoms with van der Waals surface area (Å²) in [5, 5.41) is 3.04. The molecule has 0 spiro atoms. The molecule has 0 bridgehead atoms. The Morgan fingerprint density at radius 1 is 1.22 bits per heavy atom. The number of pyridine rings is 1. The van der Waals surface area contributed by atoms with Crippen molar-refractivity contribution in [1.82, 2.24) is 14.5 Å². The Morgan fingerprint density at radius 2 is 1.89 bits per heavy atom. The summed E-state index contributed by atoms with van der Waals surface area (Å²) in [6.07, 6.45) is 3.40. The predicted octanol–water partition coefficient (Wildman–Crippen LogP) is 4.88. The molecule has 27 heavy (non-hydrogen) atoms. The summed E-state index contributed by atoms with van der Waals surface area (Å²) in [5.41, 5.74) is 1.70.